The zero-order valence-electron chi connectivity index (χ0n) is 20.1. The van der Waals surface area contributed by atoms with Crippen molar-refractivity contribution in [1.29, 1.82) is 5.41 Å². The summed E-state index contributed by atoms with van der Waals surface area (Å²) in [5, 5.41) is 11.6. The zero-order chi connectivity index (χ0) is 25.1. The Labute approximate surface area is 212 Å². The number of nitrogens with zero attached hydrogens (tertiary/aromatic N) is 1. The fourth-order valence-electron chi connectivity index (χ4n) is 3.76. The number of unbranched alkanes of at least 4 members (excludes halogenated alkanes) is 2. The van der Waals surface area contributed by atoms with Crippen LogP contribution in [0.15, 0.2) is 30.6 Å². The minimum atomic E-state index is -0.618. The number of halogens is 3. The van der Waals surface area contributed by atoms with E-state index in [4.69, 9.17) is 39.1 Å². The summed E-state index contributed by atoms with van der Waals surface area (Å²) < 4.78 is 20.2. The smallest absolute Gasteiger partial charge is 0.166 e. The summed E-state index contributed by atoms with van der Waals surface area (Å²) in [7, 11) is 0. The molecule has 1 heterocycles. The highest BCUT2D eigenvalue weighted by atomic mass is 35.5. The molecule has 2 unspecified atom stereocenters. The normalized spacial score (nSPS) is 13.4. The lowest BCUT2D eigenvalue weighted by atomic mass is 10.0. The summed E-state index contributed by atoms with van der Waals surface area (Å²) in [6.45, 7) is 6.25. The fourth-order valence-corrected chi connectivity index (χ4v) is 4.38. The number of anilines is 1. The van der Waals surface area contributed by atoms with Gasteiger partial charge in [0.05, 0.1) is 5.02 Å². The highest BCUT2D eigenvalue weighted by molar-refractivity contribution is 6.36. The number of nitrogens with two attached hydrogens (primary N) is 1. The molecule has 4 N–H and O–H groups in total. The number of hydrogen-bond donors (Lipinski definition) is 3. The molecule has 186 valence electrons. The van der Waals surface area contributed by atoms with Crippen LogP contribution in [0.5, 0.6) is 5.75 Å². The molecule has 0 amide bonds. The maximum absolute atomic E-state index is 14.1. The van der Waals surface area contributed by atoms with Gasteiger partial charge in [-0.05, 0) is 37.5 Å². The van der Waals surface area contributed by atoms with Gasteiger partial charge in [-0.25, -0.2) is 9.37 Å². The van der Waals surface area contributed by atoms with Gasteiger partial charge in [0, 0.05) is 46.4 Å². The predicted molar refractivity (Wildman–Crippen MR) is 141 cm³/mol. The van der Waals surface area contributed by atoms with E-state index in [1.54, 1.807) is 12.3 Å². The van der Waals surface area contributed by atoms with Gasteiger partial charge in [-0.2, -0.15) is 0 Å². The second kappa shape index (κ2) is 14.2. The summed E-state index contributed by atoms with van der Waals surface area (Å²) in [4.78, 5) is 4.26. The van der Waals surface area contributed by atoms with Gasteiger partial charge in [-0.3, -0.25) is 0 Å². The first-order chi connectivity index (χ1) is 16.4. The molecule has 0 aliphatic carbocycles. The van der Waals surface area contributed by atoms with Crippen molar-refractivity contribution in [1.82, 2.24) is 10.3 Å². The Morgan fingerprint density at radius 2 is 1.97 bits per heavy atom. The van der Waals surface area contributed by atoms with Crippen LogP contribution in [0.4, 0.5) is 10.2 Å². The number of aromatic nitrogens is 1. The van der Waals surface area contributed by atoms with E-state index >= 15 is 0 Å². The van der Waals surface area contributed by atoms with Crippen LogP contribution in [0.1, 0.15) is 82.9 Å². The molecule has 2 atom stereocenters. The Kier molecular flexibility index (Phi) is 11.6. The van der Waals surface area contributed by atoms with E-state index in [-0.39, 0.29) is 10.8 Å². The van der Waals surface area contributed by atoms with Crippen molar-refractivity contribution in [2.75, 3.05) is 5.73 Å². The average molecular weight is 509 g/mol. The van der Waals surface area contributed by atoms with E-state index < -0.39 is 11.9 Å². The lowest BCUT2D eigenvalue weighted by molar-refractivity contribution is 0.201. The van der Waals surface area contributed by atoms with Gasteiger partial charge < -0.3 is 21.2 Å². The minimum absolute atomic E-state index is 0.0728. The second-order valence-electron chi connectivity index (χ2n) is 8.27. The lowest BCUT2D eigenvalue weighted by Gasteiger charge is -2.22. The number of allylic oxidation sites excluding steroid dienone is 1. The van der Waals surface area contributed by atoms with Crippen molar-refractivity contribution in [2.45, 2.75) is 77.9 Å². The van der Waals surface area contributed by atoms with Crippen LogP contribution in [-0.2, 0) is 0 Å². The Morgan fingerprint density at radius 3 is 2.62 bits per heavy atom. The molecule has 0 saturated heterocycles. The van der Waals surface area contributed by atoms with Crippen molar-refractivity contribution < 1.29 is 9.13 Å². The predicted octanol–water partition coefficient (Wildman–Crippen LogP) is 7.97. The van der Waals surface area contributed by atoms with Crippen LogP contribution in [0.2, 0.25) is 10.0 Å². The molecule has 2 aromatic rings. The van der Waals surface area contributed by atoms with E-state index in [2.05, 4.69) is 24.1 Å². The standard InChI is InChI=1S/C26H35Cl2FN4O/c1-4-7-8-10-19(9-5-2)32-16-18(14-30)17-13-23(26(31)33-15-17)34-22(6-3)24-20(27)11-12-21(29)25(24)28/h11-16,19,22,30,32H,4-10H2,1-3H3,(H2,31,33)/b18-16+,30-14?. The van der Waals surface area contributed by atoms with Crippen molar-refractivity contribution in [3.63, 3.8) is 0 Å². The van der Waals surface area contributed by atoms with Crippen molar-refractivity contribution in [3.8, 4) is 5.75 Å². The highest BCUT2D eigenvalue weighted by Crippen LogP contribution is 2.38. The number of nitrogens with one attached hydrogen (secondary N) is 2. The van der Waals surface area contributed by atoms with Gasteiger partial charge >= 0.3 is 0 Å². The second-order valence-corrected chi connectivity index (χ2v) is 9.06. The summed E-state index contributed by atoms with van der Waals surface area (Å²) >= 11 is 12.5. The van der Waals surface area contributed by atoms with Gasteiger partial charge in [0.15, 0.2) is 11.6 Å². The van der Waals surface area contributed by atoms with Crippen LogP contribution < -0.4 is 15.8 Å². The third-order valence-electron chi connectivity index (χ3n) is 5.68. The Bertz CT molecular complexity index is 984. The van der Waals surface area contributed by atoms with Crippen LogP contribution in [0, 0.1) is 11.2 Å². The van der Waals surface area contributed by atoms with Gasteiger partial charge in [-0.1, -0.05) is 69.7 Å². The SMILES string of the molecule is CCCCCC(CCC)N/C=C(\C=N)c1cnc(N)c(OC(CC)c2c(Cl)ccc(F)c2Cl)c1. The zero-order valence-corrected chi connectivity index (χ0v) is 21.6. The molecule has 34 heavy (non-hydrogen) atoms. The summed E-state index contributed by atoms with van der Waals surface area (Å²) in [6.07, 6.45) is 11.4. The number of pyridine rings is 1. The van der Waals surface area contributed by atoms with Crippen molar-refractivity contribution in [2.24, 2.45) is 0 Å². The average Bonchev–Trinajstić information content (AvgIpc) is 2.83. The molecule has 0 bridgehead atoms. The van der Waals surface area contributed by atoms with E-state index in [9.17, 15) is 4.39 Å². The van der Waals surface area contributed by atoms with Crippen LogP contribution in [-0.4, -0.2) is 17.2 Å². The number of rotatable bonds is 14. The molecule has 0 fully saturated rings. The van der Waals surface area contributed by atoms with Crippen molar-refractivity contribution in [3.05, 3.63) is 57.6 Å². The minimum Gasteiger partial charge on any atom is -0.482 e. The maximum Gasteiger partial charge on any atom is 0.166 e. The largest absolute Gasteiger partial charge is 0.482 e. The number of nitrogen functional groups attached to an aromatic ring is 1. The number of benzene rings is 1. The maximum atomic E-state index is 14.1. The third kappa shape index (κ3) is 7.60. The third-order valence-corrected chi connectivity index (χ3v) is 6.39. The molecule has 0 aliphatic heterocycles. The van der Waals surface area contributed by atoms with E-state index in [1.165, 1.54) is 37.6 Å². The van der Waals surface area contributed by atoms with E-state index in [0.29, 0.717) is 39.9 Å². The van der Waals surface area contributed by atoms with E-state index in [0.717, 1.165) is 19.3 Å². The molecule has 0 radical (unpaired) electrons. The quantitative estimate of drug-likeness (QED) is 0.137. The lowest BCUT2D eigenvalue weighted by Crippen LogP contribution is -2.24. The molecule has 2 rings (SSSR count). The molecule has 5 nitrogen and oxygen atoms in total. The van der Waals surface area contributed by atoms with Crippen LogP contribution >= 0.6 is 23.2 Å². The molecule has 1 aromatic heterocycles. The Hall–Kier alpha value is -2.31. The van der Waals surface area contributed by atoms with E-state index in [1.807, 2.05) is 13.1 Å². The van der Waals surface area contributed by atoms with Crippen LogP contribution in [0.25, 0.3) is 5.57 Å². The highest BCUT2D eigenvalue weighted by Gasteiger charge is 2.22. The van der Waals surface area contributed by atoms with Gasteiger partial charge in [-0.15, -0.1) is 0 Å². The molecular formula is C26H35Cl2FN4O. The number of ether oxygens (including phenoxy) is 1. The molecule has 0 aliphatic rings. The summed E-state index contributed by atoms with van der Waals surface area (Å²) in [6, 6.07) is 4.76. The van der Waals surface area contributed by atoms with Crippen LogP contribution in [0.3, 0.4) is 0 Å². The topological polar surface area (TPSA) is 84.0 Å². The first-order valence-electron chi connectivity index (χ1n) is 11.9. The van der Waals surface area contributed by atoms with Gasteiger partial charge in [0.25, 0.3) is 0 Å². The Balaban J connectivity index is 2.29. The molecule has 0 saturated carbocycles. The fraction of sp³-hybridized carbons (Fsp3) is 0.462. The molecular weight excluding hydrogens is 474 g/mol. The monoisotopic (exact) mass is 508 g/mol. The Morgan fingerprint density at radius 1 is 1.21 bits per heavy atom. The van der Waals surface area contributed by atoms with Gasteiger partial charge in [0.1, 0.15) is 11.9 Å². The number of hydrogen-bond acceptors (Lipinski definition) is 5. The summed E-state index contributed by atoms with van der Waals surface area (Å²) in [5.41, 5.74) is 7.79. The molecule has 1 aromatic carbocycles. The first kappa shape index (κ1) is 27.9. The molecule has 8 heteroatoms. The first-order valence-corrected chi connectivity index (χ1v) is 12.6. The summed E-state index contributed by atoms with van der Waals surface area (Å²) in [5.74, 6) is -0.0586. The van der Waals surface area contributed by atoms with Gasteiger partial charge in [0.2, 0.25) is 0 Å². The van der Waals surface area contributed by atoms with Crippen molar-refractivity contribution >= 4 is 40.8 Å². The molecule has 0 spiro atoms.